The van der Waals surface area contributed by atoms with Crippen LogP contribution in [0.2, 0.25) is 0 Å². The molecule has 0 saturated carbocycles. The second kappa shape index (κ2) is 7.64. The van der Waals surface area contributed by atoms with E-state index < -0.39 is 0 Å². The number of fused-ring (bicyclic) bond motifs is 4. The fourth-order valence-electron chi connectivity index (χ4n) is 4.75. The van der Waals surface area contributed by atoms with Gasteiger partial charge < -0.3 is 4.57 Å². The lowest BCUT2D eigenvalue weighted by Gasteiger charge is -2.07. The molecule has 3 heteroatoms. The summed E-state index contributed by atoms with van der Waals surface area (Å²) < 4.78 is 6.83. The zero-order valence-corrected chi connectivity index (χ0v) is 18.2. The third-order valence-electron chi connectivity index (χ3n) is 6.30. The summed E-state index contributed by atoms with van der Waals surface area (Å²) in [7, 11) is 0. The zero-order chi connectivity index (χ0) is 21.5. The van der Waals surface area contributed by atoms with Crippen molar-refractivity contribution in [1.82, 2.24) is 9.14 Å². The van der Waals surface area contributed by atoms with Gasteiger partial charge in [-0.1, -0.05) is 66.5 Å². The van der Waals surface area contributed by atoms with Crippen LogP contribution >= 0.6 is 0 Å². The van der Waals surface area contributed by atoms with Crippen molar-refractivity contribution in [3.8, 4) is 5.69 Å². The Balaban J connectivity index is 1.61. The van der Waals surface area contributed by atoms with Gasteiger partial charge in [0.25, 0.3) is 11.4 Å². The summed E-state index contributed by atoms with van der Waals surface area (Å²) in [5.74, 6) is 0. The first kappa shape index (κ1) is 18.8. The Bertz CT molecular complexity index is 1530. The van der Waals surface area contributed by atoms with Crippen molar-refractivity contribution in [1.29, 1.82) is 0 Å². The Morgan fingerprint density at radius 1 is 0.719 bits per heavy atom. The molecule has 5 aromatic rings. The van der Waals surface area contributed by atoms with Crippen LogP contribution in [0.25, 0.3) is 27.5 Å². The van der Waals surface area contributed by atoms with Gasteiger partial charge in [0.2, 0.25) is 5.69 Å². The van der Waals surface area contributed by atoms with Crippen molar-refractivity contribution in [2.75, 3.05) is 6.54 Å². The van der Waals surface area contributed by atoms with Gasteiger partial charge in [0, 0.05) is 47.1 Å². The van der Waals surface area contributed by atoms with E-state index in [0.717, 1.165) is 18.7 Å². The average Bonchev–Trinajstić information content (AvgIpc) is 3.39. The van der Waals surface area contributed by atoms with Crippen molar-refractivity contribution in [3.05, 3.63) is 97.1 Å². The third-order valence-corrected chi connectivity index (χ3v) is 6.30. The largest absolute Gasteiger partial charge is 0.496 e. The van der Waals surface area contributed by atoms with E-state index in [0.29, 0.717) is 0 Å². The van der Waals surface area contributed by atoms with E-state index in [9.17, 15) is 0 Å². The number of aromatic nitrogens is 1. The summed E-state index contributed by atoms with van der Waals surface area (Å²) in [5.41, 5.74) is 7.15. The second-order valence-electron chi connectivity index (χ2n) is 8.32. The van der Waals surface area contributed by atoms with Crippen molar-refractivity contribution < 1.29 is 4.58 Å². The molecule has 0 atom stereocenters. The van der Waals surface area contributed by atoms with Crippen molar-refractivity contribution >= 4 is 44.9 Å². The molecule has 154 valence electrons. The minimum atomic E-state index is 0.983. The van der Waals surface area contributed by atoms with Crippen LogP contribution in [0.5, 0.6) is 0 Å². The van der Waals surface area contributed by atoms with Gasteiger partial charge in [-0.3, -0.25) is 0 Å². The first-order valence-electron chi connectivity index (χ1n) is 11.4. The molecule has 0 fully saturated rings. The smallest absolute Gasteiger partial charge is 0.309 e. The first-order chi connectivity index (χ1) is 15.8. The van der Waals surface area contributed by atoms with Crippen LogP contribution in [0.3, 0.4) is 0 Å². The summed E-state index contributed by atoms with van der Waals surface area (Å²) in [5, 5.41) is 2.54. The van der Waals surface area contributed by atoms with E-state index in [2.05, 4.69) is 124 Å². The van der Waals surface area contributed by atoms with E-state index in [1.165, 1.54) is 45.3 Å². The molecular formula is C29H25N3+2. The Kier molecular flexibility index (Phi) is 4.49. The summed E-state index contributed by atoms with van der Waals surface area (Å²) >= 11 is 0. The lowest BCUT2D eigenvalue weighted by molar-refractivity contribution is -0.431. The van der Waals surface area contributed by atoms with Gasteiger partial charge >= 0.3 is 6.01 Å². The summed E-state index contributed by atoms with van der Waals surface area (Å²) in [6.45, 7) is 3.21. The maximum Gasteiger partial charge on any atom is 0.496 e. The maximum absolute atomic E-state index is 3.62. The highest BCUT2D eigenvalue weighted by atomic mass is 15.2. The molecule has 32 heavy (non-hydrogen) atoms. The van der Waals surface area contributed by atoms with E-state index in [-0.39, 0.29) is 0 Å². The maximum atomic E-state index is 3.62. The van der Waals surface area contributed by atoms with E-state index >= 15 is 0 Å². The average molecular weight is 416 g/mol. The Labute approximate surface area is 187 Å². The molecule has 0 saturated heterocycles. The highest BCUT2D eigenvalue weighted by Gasteiger charge is 2.34. The highest BCUT2D eigenvalue weighted by Crippen LogP contribution is 2.37. The molecule has 0 radical (unpaired) electrons. The summed E-state index contributed by atoms with van der Waals surface area (Å²) in [6.07, 6.45) is 2.32. The fourth-order valence-corrected chi connectivity index (χ4v) is 4.75. The number of nitrogens with zero attached hydrogens (tertiary/aromatic N) is 3. The SMILES string of the molecule is CCCC[N+]1=C=[N+](c2ccc3c4ccccc4n(-c4ccccc4)c3c2)c2ccccc21. The fraction of sp³-hybridized carbons (Fsp3) is 0.138. The molecule has 0 unspecified atom stereocenters. The quantitative estimate of drug-likeness (QED) is 0.268. The molecule has 0 amide bonds. The Hall–Kier alpha value is -3.94. The number of para-hydroxylation sites is 4. The molecule has 1 aromatic heterocycles. The Morgan fingerprint density at radius 2 is 1.44 bits per heavy atom. The van der Waals surface area contributed by atoms with Gasteiger partial charge in [-0.2, -0.15) is 0 Å². The minimum Gasteiger partial charge on any atom is -0.309 e. The van der Waals surface area contributed by atoms with Crippen LogP contribution in [-0.2, 0) is 0 Å². The zero-order valence-electron chi connectivity index (χ0n) is 18.2. The molecule has 4 aromatic carbocycles. The second-order valence-corrected chi connectivity index (χ2v) is 8.32. The van der Waals surface area contributed by atoms with Crippen molar-refractivity contribution in [3.63, 3.8) is 0 Å². The normalized spacial score (nSPS) is 12.8. The van der Waals surface area contributed by atoms with Crippen molar-refractivity contribution in [2.45, 2.75) is 19.8 Å². The molecule has 1 aliphatic heterocycles. The van der Waals surface area contributed by atoms with Gasteiger partial charge in [0.15, 0.2) is 6.54 Å². The highest BCUT2D eigenvalue weighted by molar-refractivity contribution is 6.10. The molecular weight excluding hydrogens is 390 g/mol. The lowest BCUT2D eigenvalue weighted by Crippen LogP contribution is -2.04. The monoisotopic (exact) mass is 415 g/mol. The van der Waals surface area contributed by atoms with Crippen LogP contribution in [0.1, 0.15) is 19.8 Å². The standard InChI is InChI=1S/C29H25N3/c1-2-3-19-30-21-31(28-16-10-9-15-27(28)30)23-17-18-25-24-13-7-8-14-26(24)32(29(25)20-23)22-11-5-4-6-12-22/h4-18,20H,2-3,19H2,1H3/q+2. The molecule has 0 spiro atoms. The van der Waals surface area contributed by atoms with Crippen LogP contribution in [0, 0.1) is 0 Å². The van der Waals surface area contributed by atoms with Gasteiger partial charge in [-0.15, -0.1) is 0 Å². The molecule has 2 heterocycles. The number of hydrogen-bond donors (Lipinski definition) is 0. The predicted molar refractivity (Wildman–Crippen MR) is 133 cm³/mol. The number of hydrogen-bond acceptors (Lipinski definition) is 0. The number of unbranched alkanes of at least 4 members (excludes halogenated alkanes) is 1. The third kappa shape index (κ3) is 2.90. The molecule has 0 N–H and O–H groups in total. The van der Waals surface area contributed by atoms with Gasteiger partial charge in [0.05, 0.1) is 11.0 Å². The van der Waals surface area contributed by atoms with Gasteiger partial charge in [-0.05, 0) is 28.8 Å². The van der Waals surface area contributed by atoms with Gasteiger partial charge in [-0.25, -0.2) is 0 Å². The Morgan fingerprint density at radius 3 is 2.28 bits per heavy atom. The molecule has 0 aliphatic carbocycles. The summed E-state index contributed by atoms with van der Waals surface area (Å²) in [4.78, 5) is 0. The summed E-state index contributed by atoms with van der Waals surface area (Å²) in [6, 6.07) is 38.3. The van der Waals surface area contributed by atoms with E-state index in [1.54, 1.807) is 0 Å². The van der Waals surface area contributed by atoms with Crippen LogP contribution in [-0.4, -0.2) is 21.7 Å². The topological polar surface area (TPSA) is 10.9 Å². The first-order valence-corrected chi connectivity index (χ1v) is 11.4. The van der Waals surface area contributed by atoms with Crippen molar-refractivity contribution in [2.24, 2.45) is 0 Å². The molecule has 1 aliphatic rings. The predicted octanol–water partition coefficient (Wildman–Crippen LogP) is 7.25. The number of benzene rings is 4. The number of rotatable bonds is 5. The van der Waals surface area contributed by atoms with E-state index in [1.807, 2.05) is 0 Å². The molecule has 6 rings (SSSR count). The molecule has 0 bridgehead atoms. The van der Waals surface area contributed by atoms with Crippen LogP contribution in [0.15, 0.2) is 97.1 Å². The van der Waals surface area contributed by atoms with Crippen LogP contribution < -0.4 is 4.58 Å². The van der Waals surface area contributed by atoms with Gasteiger partial charge in [0.1, 0.15) is 0 Å². The van der Waals surface area contributed by atoms with Crippen LogP contribution in [0.4, 0.5) is 17.1 Å². The molecule has 3 nitrogen and oxygen atoms in total. The minimum absolute atomic E-state index is 0.983. The lowest BCUT2D eigenvalue weighted by atomic mass is 10.1. The van der Waals surface area contributed by atoms with E-state index in [4.69, 9.17) is 0 Å².